The first-order valence-corrected chi connectivity index (χ1v) is 4.73. The van der Waals surface area contributed by atoms with Gasteiger partial charge in [0, 0.05) is 5.92 Å². The van der Waals surface area contributed by atoms with E-state index in [0.29, 0.717) is 0 Å². The zero-order valence-electron chi connectivity index (χ0n) is 7.47. The summed E-state index contributed by atoms with van der Waals surface area (Å²) in [5.74, 6) is -0.224. The van der Waals surface area contributed by atoms with E-state index >= 15 is 0 Å². The summed E-state index contributed by atoms with van der Waals surface area (Å²) < 4.78 is 0. The quantitative estimate of drug-likeness (QED) is 0.703. The van der Waals surface area contributed by atoms with E-state index in [-0.39, 0.29) is 23.5 Å². The van der Waals surface area contributed by atoms with E-state index in [9.17, 15) is 9.90 Å². The molecule has 3 nitrogen and oxygen atoms in total. The largest absolute Gasteiger partial charge is 0.508 e. The lowest BCUT2D eigenvalue weighted by atomic mass is 10.0. The number of phenolic OH excluding ortho intramolecular Hbond substituents is 1. The predicted molar refractivity (Wildman–Crippen MR) is 49.2 cm³/mol. The molecular weight excluding hydrogens is 180 g/mol. The Morgan fingerprint density at radius 1 is 1.43 bits per heavy atom. The van der Waals surface area contributed by atoms with E-state index in [1.54, 1.807) is 12.1 Å². The smallest absolute Gasteiger partial charge is 0.307 e. The average Bonchev–Trinajstić information content (AvgIpc) is 2.73. The van der Waals surface area contributed by atoms with Gasteiger partial charge in [0.15, 0.2) is 0 Å². The maximum Gasteiger partial charge on any atom is 0.307 e. The predicted octanol–water partition coefficient (Wildman–Crippen LogP) is 1.36. The zero-order chi connectivity index (χ0) is 9.87. The van der Waals surface area contributed by atoms with Gasteiger partial charge >= 0.3 is 5.97 Å². The van der Waals surface area contributed by atoms with Gasteiger partial charge in [-0.25, -0.2) is 0 Å². The highest BCUT2D eigenvalue weighted by Gasteiger charge is 2.59. The van der Waals surface area contributed by atoms with Crippen molar-refractivity contribution in [2.45, 2.75) is 12.3 Å². The molecular formula is C11H10O3. The molecule has 2 aliphatic carbocycles. The number of aliphatic carboxylic acids is 1. The van der Waals surface area contributed by atoms with Crippen molar-refractivity contribution >= 4 is 5.97 Å². The van der Waals surface area contributed by atoms with Gasteiger partial charge in [0.2, 0.25) is 0 Å². The average molecular weight is 190 g/mol. The van der Waals surface area contributed by atoms with Gasteiger partial charge in [-0.15, -0.1) is 0 Å². The minimum absolute atomic E-state index is 0.162. The van der Waals surface area contributed by atoms with E-state index in [4.69, 9.17) is 5.11 Å². The van der Waals surface area contributed by atoms with Gasteiger partial charge in [-0.1, -0.05) is 6.07 Å². The number of carbonyl (C=O) groups is 1. The van der Waals surface area contributed by atoms with Crippen molar-refractivity contribution in [3.8, 4) is 5.75 Å². The number of hydrogen-bond acceptors (Lipinski definition) is 2. The minimum Gasteiger partial charge on any atom is -0.508 e. The van der Waals surface area contributed by atoms with Crippen LogP contribution in [0.3, 0.4) is 0 Å². The maximum atomic E-state index is 10.8. The zero-order valence-corrected chi connectivity index (χ0v) is 7.47. The molecule has 0 radical (unpaired) electrons. The highest BCUT2D eigenvalue weighted by Crippen LogP contribution is 2.61. The normalized spacial score (nSPS) is 32.1. The van der Waals surface area contributed by atoms with Gasteiger partial charge in [0.25, 0.3) is 0 Å². The molecule has 1 aromatic rings. The van der Waals surface area contributed by atoms with Gasteiger partial charge in [0.05, 0.1) is 5.92 Å². The lowest BCUT2D eigenvalue weighted by Crippen LogP contribution is -2.04. The third kappa shape index (κ3) is 0.842. The molecule has 1 saturated carbocycles. The summed E-state index contributed by atoms with van der Waals surface area (Å²) in [7, 11) is 0. The van der Waals surface area contributed by atoms with Crippen LogP contribution in [0, 0.1) is 11.8 Å². The molecule has 0 aliphatic heterocycles. The Morgan fingerprint density at radius 2 is 2.21 bits per heavy atom. The van der Waals surface area contributed by atoms with Crippen LogP contribution in [0.1, 0.15) is 17.0 Å². The number of carboxylic acid groups (broad SMARTS) is 1. The molecule has 0 saturated heterocycles. The minimum atomic E-state index is -0.700. The summed E-state index contributed by atoms with van der Waals surface area (Å²) in [4.78, 5) is 10.8. The number of rotatable bonds is 1. The molecule has 2 N–H and O–H groups in total. The molecule has 1 aromatic carbocycles. The van der Waals surface area contributed by atoms with Gasteiger partial charge in [0.1, 0.15) is 5.75 Å². The van der Waals surface area contributed by atoms with Gasteiger partial charge in [-0.05, 0) is 35.6 Å². The van der Waals surface area contributed by atoms with E-state index in [1.807, 2.05) is 6.07 Å². The first kappa shape index (κ1) is 7.85. The number of phenols is 1. The van der Waals surface area contributed by atoms with Crippen molar-refractivity contribution in [1.82, 2.24) is 0 Å². The van der Waals surface area contributed by atoms with Crippen LogP contribution in [0.2, 0.25) is 0 Å². The summed E-state index contributed by atoms with van der Waals surface area (Å²) in [6.45, 7) is 0. The van der Waals surface area contributed by atoms with E-state index in [2.05, 4.69) is 0 Å². The third-order valence-electron chi connectivity index (χ3n) is 3.40. The van der Waals surface area contributed by atoms with Crippen molar-refractivity contribution in [3.63, 3.8) is 0 Å². The molecule has 3 heteroatoms. The number of aromatic hydroxyl groups is 1. The summed E-state index contributed by atoms with van der Waals surface area (Å²) in [5, 5.41) is 18.2. The molecule has 1 fully saturated rings. The second kappa shape index (κ2) is 2.29. The Labute approximate surface area is 81.0 Å². The number of benzene rings is 1. The fraction of sp³-hybridized carbons (Fsp3) is 0.364. The van der Waals surface area contributed by atoms with Crippen LogP contribution in [0.5, 0.6) is 5.75 Å². The second-order valence-electron chi connectivity index (χ2n) is 4.14. The number of fused-ring (bicyclic) bond motifs is 3. The SMILES string of the molecule is O=C(O)C1C2Cc3ccc(O)cc3C21. The van der Waals surface area contributed by atoms with Gasteiger partial charge < -0.3 is 10.2 Å². The van der Waals surface area contributed by atoms with E-state index in [0.717, 1.165) is 12.0 Å². The first-order chi connectivity index (χ1) is 6.68. The Balaban J connectivity index is 2.01. The number of carboxylic acids is 1. The molecule has 0 bridgehead atoms. The molecule has 3 atom stereocenters. The second-order valence-corrected chi connectivity index (χ2v) is 4.14. The molecule has 0 aromatic heterocycles. The summed E-state index contributed by atoms with van der Waals surface area (Å²) in [5.41, 5.74) is 2.25. The van der Waals surface area contributed by atoms with Crippen LogP contribution in [0.15, 0.2) is 18.2 Å². The van der Waals surface area contributed by atoms with Crippen LogP contribution in [0.4, 0.5) is 0 Å². The Bertz CT molecular complexity index is 425. The molecule has 3 unspecified atom stereocenters. The van der Waals surface area contributed by atoms with Crippen molar-refractivity contribution in [2.75, 3.05) is 0 Å². The first-order valence-electron chi connectivity index (χ1n) is 4.73. The molecule has 3 rings (SSSR count). The Kier molecular flexibility index (Phi) is 1.29. The Morgan fingerprint density at radius 3 is 2.93 bits per heavy atom. The molecule has 0 spiro atoms. The van der Waals surface area contributed by atoms with Crippen molar-refractivity contribution in [2.24, 2.45) is 11.8 Å². The summed E-state index contributed by atoms with van der Waals surface area (Å²) in [6.07, 6.45) is 0.858. The molecule has 2 aliphatic rings. The van der Waals surface area contributed by atoms with Crippen molar-refractivity contribution < 1.29 is 15.0 Å². The lowest BCUT2D eigenvalue weighted by Gasteiger charge is -2.04. The highest BCUT2D eigenvalue weighted by atomic mass is 16.4. The topological polar surface area (TPSA) is 57.5 Å². The van der Waals surface area contributed by atoms with E-state index < -0.39 is 5.97 Å². The monoisotopic (exact) mass is 190 g/mol. The van der Waals surface area contributed by atoms with Crippen LogP contribution < -0.4 is 0 Å². The fourth-order valence-electron chi connectivity index (χ4n) is 2.72. The number of hydrogen-bond donors (Lipinski definition) is 2. The van der Waals surface area contributed by atoms with Gasteiger partial charge in [-0.3, -0.25) is 4.79 Å². The van der Waals surface area contributed by atoms with Gasteiger partial charge in [-0.2, -0.15) is 0 Å². The standard InChI is InChI=1S/C11H10O3/c12-6-2-1-5-3-8-9(7(5)4-6)10(8)11(13)14/h1-2,4,8-10,12H,3H2,(H,13,14). The highest BCUT2D eigenvalue weighted by molar-refractivity contribution is 5.78. The summed E-state index contributed by atoms with van der Waals surface area (Å²) >= 11 is 0. The van der Waals surface area contributed by atoms with Crippen LogP contribution in [-0.2, 0) is 11.2 Å². The molecule has 0 heterocycles. The molecule has 14 heavy (non-hydrogen) atoms. The lowest BCUT2D eigenvalue weighted by molar-refractivity contribution is -0.139. The van der Waals surface area contributed by atoms with Crippen molar-refractivity contribution in [3.05, 3.63) is 29.3 Å². The van der Waals surface area contributed by atoms with Crippen LogP contribution >= 0.6 is 0 Å². The van der Waals surface area contributed by atoms with Crippen molar-refractivity contribution in [1.29, 1.82) is 0 Å². The third-order valence-corrected chi connectivity index (χ3v) is 3.40. The Hall–Kier alpha value is -1.51. The fourth-order valence-corrected chi connectivity index (χ4v) is 2.72. The molecule has 72 valence electrons. The van der Waals surface area contributed by atoms with Crippen LogP contribution in [0.25, 0.3) is 0 Å². The van der Waals surface area contributed by atoms with E-state index in [1.165, 1.54) is 5.56 Å². The summed E-state index contributed by atoms with van der Waals surface area (Å²) in [6, 6.07) is 5.28. The van der Waals surface area contributed by atoms with Crippen LogP contribution in [-0.4, -0.2) is 16.2 Å². The maximum absolute atomic E-state index is 10.8. The molecule has 0 amide bonds.